The average molecular weight is 206 g/mol. The van der Waals surface area contributed by atoms with Gasteiger partial charge in [0.1, 0.15) is 0 Å². The van der Waals surface area contributed by atoms with Gasteiger partial charge in [-0.3, -0.25) is 0 Å². The molecule has 10 heavy (non-hydrogen) atoms. The summed E-state index contributed by atoms with van der Waals surface area (Å²) in [4.78, 5) is 2.46. The van der Waals surface area contributed by atoms with Gasteiger partial charge in [-0.15, -0.1) is 0 Å². The molecule has 64 valence electrons. The van der Waals surface area contributed by atoms with Gasteiger partial charge < -0.3 is 4.90 Å². The van der Waals surface area contributed by atoms with Crippen molar-refractivity contribution in [2.24, 2.45) is 0 Å². The predicted octanol–water partition coefficient (Wildman–Crippen LogP) is 0.677. The Morgan fingerprint density at radius 1 is 1.00 bits per heavy atom. The summed E-state index contributed by atoms with van der Waals surface area (Å²) in [5.74, 6) is 0. The Morgan fingerprint density at radius 3 is 1.80 bits per heavy atom. The molecule has 0 saturated carbocycles. The molecule has 0 aromatic carbocycles. The Hall–Kier alpha value is 0.503. The molecule has 0 amide bonds. The van der Waals surface area contributed by atoms with Crippen molar-refractivity contribution in [3.63, 3.8) is 0 Å². The van der Waals surface area contributed by atoms with E-state index >= 15 is 0 Å². The number of hydrogen-bond donors (Lipinski definition) is 0. The van der Waals surface area contributed by atoms with Crippen LogP contribution in [0, 0.1) is 0 Å². The van der Waals surface area contributed by atoms with E-state index in [1.807, 2.05) is 0 Å². The van der Waals surface area contributed by atoms with Gasteiger partial charge in [0.15, 0.2) is 0 Å². The molecule has 0 rings (SSSR count). The van der Waals surface area contributed by atoms with Gasteiger partial charge in [-0.25, -0.2) is 0 Å². The van der Waals surface area contributed by atoms with Crippen LogP contribution in [-0.4, -0.2) is 42.1 Å². The van der Waals surface area contributed by atoms with Gasteiger partial charge in [0.2, 0.25) is 0 Å². The van der Waals surface area contributed by atoms with Crippen LogP contribution in [0.25, 0.3) is 0 Å². The van der Waals surface area contributed by atoms with Crippen molar-refractivity contribution >= 4 is 17.6 Å². The van der Waals surface area contributed by atoms with Gasteiger partial charge in [0.25, 0.3) is 0 Å². The molecule has 0 atom stereocenters. The molecule has 0 aromatic heterocycles. The van der Waals surface area contributed by atoms with E-state index in [1.165, 1.54) is 32.5 Å². The molecule has 0 heterocycles. The van der Waals surface area contributed by atoms with E-state index in [2.05, 4.69) is 25.7 Å². The fourth-order valence-electron chi connectivity index (χ4n) is 0.922. The third-order valence-corrected chi connectivity index (χ3v) is 1.72. The van der Waals surface area contributed by atoms with Crippen LogP contribution in [0.3, 0.4) is 0 Å². The summed E-state index contributed by atoms with van der Waals surface area (Å²) in [6.07, 6.45) is 2.66. The monoisotopic (exact) mass is 207 g/mol. The summed E-state index contributed by atoms with van der Waals surface area (Å²) in [6, 6.07) is 0. The molecular formula is C8H23GeN. The van der Waals surface area contributed by atoms with Crippen LogP contribution < -0.4 is 0 Å². The van der Waals surface area contributed by atoms with E-state index in [1.54, 1.807) is 0 Å². The maximum atomic E-state index is 2.46. The quantitative estimate of drug-likeness (QED) is 0.597. The molecule has 0 unspecified atom stereocenters. The molecule has 0 aromatic rings. The van der Waals surface area contributed by atoms with Crippen LogP contribution in [0.15, 0.2) is 0 Å². The van der Waals surface area contributed by atoms with Crippen LogP contribution >= 0.6 is 0 Å². The number of unbranched alkanes of at least 4 members (excludes halogenated alkanes) is 1. The van der Waals surface area contributed by atoms with Gasteiger partial charge >= 0.3 is 17.6 Å². The number of rotatable bonds is 5. The summed E-state index contributed by atoms with van der Waals surface area (Å²) in [6.45, 7) is 10.4. The molecule has 0 radical (unpaired) electrons. The number of nitrogens with zero attached hydrogens (tertiary/aromatic N) is 1. The van der Waals surface area contributed by atoms with Gasteiger partial charge in [-0.2, -0.15) is 0 Å². The Kier molecular flexibility index (Phi) is 12.5. The van der Waals surface area contributed by atoms with E-state index in [0.29, 0.717) is 0 Å². The summed E-state index contributed by atoms with van der Waals surface area (Å²) < 4.78 is 0. The molecule has 0 fully saturated rings. The molecule has 0 aliphatic carbocycles. The third-order valence-electron chi connectivity index (χ3n) is 1.72. The second-order valence-electron chi connectivity index (χ2n) is 2.38. The zero-order chi connectivity index (χ0) is 7.11. The molecule has 0 bridgehead atoms. The Balaban J connectivity index is 0. The fraction of sp³-hybridized carbons (Fsp3) is 1.00. The zero-order valence-electron chi connectivity index (χ0n) is 6.98. The molecule has 0 N–H and O–H groups in total. The summed E-state index contributed by atoms with van der Waals surface area (Å²) in [5, 5.41) is 0. The van der Waals surface area contributed by atoms with Crippen LogP contribution in [0.1, 0.15) is 33.6 Å². The van der Waals surface area contributed by atoms with Crippen LogP contribution in [0.4, 0.5) is 0 Å². The Morgan fingerprint density at radius 2 is 1.50 bits per heavy atom. The van der Waals surface area contributed by atoms with E-state index in [0.717, 1.165) is 0 Å². The van der Waals surface area contributed by atoms with Gasteiger partial charge in [-0.05, 0) is 26.1 Å². The second-order valence-corrected chi connectivity index (χ2v) is 2.38. The van der Waals surface area contributed by atoms with E-state index < -0.39 is 0 Å². The minimum absolute atomic E-state index is 0. The molecule has 2 heteroatoms. The first kappa shape index (κ1) is 13.1. The third kappa shape index (κ3) is 6.62. The number of hydrogen-bond acceptors (Lipinski definition) is 1. The van der Waals surface area contributed by atoms with Crippen molar-refractivity contribution < 1.29 is 0 Å². The zero-order valence-corrected chi connectivity index (χ0v) is 6.98. The topological polar surface area (TPSA) is 3.24 Å². The summed E-state index contributed by atoms with van der Waals surface area (Å²) >= 11 is 0. The second kappa shape index (κ2) is 9.50. The fourth-order valence-corrected chi connectivity index (χ4v) is 0.922. The first-order valence-electron chi connectivity index (χ1n) is 4.07. The summed E-state index contributed by atoms with van der Waals surface area (Å²) in [7, 11) is 0. The molecule has 0 spiro atoms. The van der Waals surface area contributed by atoms with Gasteiger partial charge in [0.05, 0.1) is 0 Å². The van der Waals surface area contributed by atoms with E-state index in [4.69, 9.17) is 0 Å². The Labute approximate surface area is 76.2 Å². The van der Waals surface area contributed by atoms with Crippen molar-refractivity contribution in [1.82, 2.24) is 4.90 Å². The first-order chi connectivity index (χ1) is 4.35. The molecule has 0 aliphatic rings. The van der Waals surface area contributed by atoms with Crippen molar-refractivity contribution in [3.05, 3.63) is 0 Å². The normalized spacial score (nSPS) is 9.60. The maximum absolute atomic E-state index is 2.46. The van der Waals surface area contributed by atoms with Crippen molar-refractivity contribution in [1.29, 1.82) is 0 Å². The van der Waals surface area contributed by atoms with E-state index in [-0.39, 0.29) is 17.6 Å². The molecule has 1 nitrogen and oxygen atoms in total. The van der Waals surface area contributed by atoms with Gasteiger partial charge in [0, 0.05) is 0 Å². The minimum atomic E-state index is 0. The first-order valence-corrected chi connectivity index (χ1v) is 4.07. The van der Waals surface area contributed by atoms with E-state index in [9.17, 15) is 0 Å². The Bertz CT molecular complexity index is 53.2. The van der Waals surface area contributed by atoms with Crippen LogP contribution in [0.2, 0.25) is 0 Å². The van der Waals surface area contributed by atoms with Crippen molar-refractivity contribution in [2.75, 3.05) is 19.6 Å². The summed E-state index contributed by atoms with van der Waals surface area (Å²) in [5.41, 5.74) is 0. The standard InChI is InChI=1S/C8H19N.GeH4/c1-4-7-8-9(5-2)6-3;/h4-8H2,1-3H3;1H4. The average Bonchev–Trinajstić information content (AvgIpc) is 1.91. The molecule has 0 aliphatic heterocycles. The SMILES string of the molecule is CCCCN(CC)CC.[GeH4]. The van der Waals surface area contributed by atoms with Crippen LogP contribution in [0.5, 0.6) is 0 Å². The van der Waals surface area contributed by atoms with Crippen molar-refractivity contribution in [2.45, 2.75) is 33.6 Å². The molecular weight excluding hydrogens is 183 g/mol. The van der Waals surface area contributed by atoms with Gasteiger partial charge in [-0.1, -0.05) is 27.2 Å². The van der Waals surface area contributed by atoms with Crippen molar-refractivity contribution in [3.8, 4) is 0 Å². The van der Waals surface area contributed by atoms with Crippen LogP contribution in [-0.2, 0) is 0 Å². The molecule has 0 saturated heterocycles. The predicted molar refractivity (Wildman–Crippen MR) is 54.0 cm³/mol.